The van der Waals surface area contributed by atoms with Crippen molar-refractivity contribution in [2.75, 3.05) is 19.7 Å². The molecule has 1 fully saturated rings. The summed E-state index contributed by atoms with van der Waals surface area (Å²) >= 11 is 0. The van der Waals surface area contributed by atoms with Gasteiger partial charge in [-0.15, -0.1) is 0 Å². The van der Waals surface area contributed by atoms with Gasteiger partial charge in [0.1, 0.15) is 11.3 Å². The SMILES string of the molecule is CCOc1ccc2oc(C(=O)O[C@H](C)C(=O)N3C[C@@H](C)O[C@H](C)C3)c(C)c2c1. The lowest BCUT2D eigenvalue weighted by Crippen LogP contribution is -2.51. The zero-order valence-electron chi connectivity index (χ0n) is 17.0. The van der Waals surface area contributed by atoms with Crippen LogP contribution in [-0.2, 0) is 14.3 Å². The molecule has 7 heteroatoms. The van der Waals surface area contributed by atoms with Crippen LogP contribution in [0.4, 0.5) is 0 Å². The number of nitrogens with zero attached hydrogens (tertiary/aromatic N) is 1. The smallest absolute Gasteiger partial charge is 0.375 e. The van der Waals surface area contributed by atoms with Gasteiger partial charge < -0.3 is 23.5 Å². The van der Waals surface area contributed by atoms with Crippen molar-refractivity contribution in [2.24, 2.45) is 0 Å². The first kappa shape index (κ1) is 20.2. The van der Waals surface area contributed by atoms with Crippen LogP contribution in [0.1, 0.15) is 43.8 Å². The van der Waals surface area contributed by atoms with Gasteiger partial charge >= 0.3 is 5.97 Å². The molecule has 152 valence electrons. The fourth-order valence-electron chi connectivity index (χ4n) is 3.53. The second-order valence-electron chi connectivity index (χ2n) is 7.20. The first-order chi connectivity index (χ1) is 13.3. The molecule has 3 atom stereocenters. The van der Waals surface area contributed by atoms with E-state index in [0.29, 0.717) is 36.6 Å². The number of carbonyl (C=O) groups is 2. The highest BCUT2D eigenvalue weighted by molar-refractivity contribution is 5.97. The minimum atomic E-state index is -0.906. The minimum absolute atomic E-state index is 0.0484. The Labute approximate surface area is 164 Å². The third kappa shape index (κ3) is 4.14. The number of carbonyl (C=O) groups excluding carboxylic acids is 2. The van der Waals surface area contributed by atoms with Crippen molar-refractivity contribution in [3.05, 3.63) is 29.5 Å². The molecule has 3 rings (SSSR count). The number of esters is 1. The van der Waals surface area contributed by atoms with Gasteiger partial charge in [-0.05, 0) is 52.8 Å². The summed E-state index contributed by atoms with van der Waals surface area (Å²) in [5, 5.41) is 0.785. The van der Waals surface area contributed by atoms with E-state index >= 15 is 0 Å². The summed E-state index contributed by atoms with van der Waals surface area (Å²) in [4.78, 5) is 27.0. The molecular formula is C21H27NO6. The average molecular weight is 389 g/mol. The van der Waals surface area contributed by atoms with E-state index in [1.165, 1.54) is 0 Å². The van der Waals surface area contributed by atoms with Crippen molar-refractivity contribution in [1.29, 1.82) is 0 Å². The highest BCUT2D eigenvalue weighted by atomic mass is 16.6. The van der Waals surface area contributed by atoms with Gasteiger partial charge in [-0.25, -0.2) is 4.79 Å². The monoisotopic (exact) mass is 389 g/mol. The summed E-state index contributed by atoms with van der Waals surface area (Å²) in [6.45, 7) is 10.6. The Kier molecular flexibility index (Phi) is 5.93. The van der Waals surface area contributed by atoms with E-state index in [-0.39, 0.29) is 23.9 Å². The highest BCUT2D eigenvalue weighted by Gasteiger charge is 2.31. The van der Waals surface area contributed by atoms with Crippen molar-refractivity contribution in [3.8, 4) is 5.75 Å². The topological polar surface area (TPSA) is 78.2 Å². The fourth-order valence-corrected chi connectivity index (χ4v) is 3.53. The number of fused-ring (bicyclic) bond motifs is 1. The van der Waals surface area contributed by atoms with E-state index in [1.807, 2.05) is 26.8 Å². The summed E-state index contributed by atoms with van der Waals surface area (Å²) in [7, 11) is 0. The van der Waals surface area contributed by atoms with Gasteiger partial charge in [-0.2, -0.15) is 0 Å². The van der Waals surface area contributed by atoms with Gasteiger partial charge in [0.2, 0.25) is 5.76 Å². The van der Waals surface area contributed by atoms with Crippen LogP contribution in [0.15, 0.2) is 22.6 Å². The molecular weight excluding hydrogens is 362 g/mol. The van der Waals surface area contributed by atoms with E-state index in [2.05, 4.69) is 0 Å². The predicted molar refractivity (Wildman–Crippen MR) is 104 cm³/mol. The molecule has 0 radical (unpaired) electrons. The maximum absolute atomic E-state index is 12.7. The molecule has 0 saturated carbocycles. The Morgan fingerprint density at radius 1 is 1.25 bits per heavy atom. The van der Waals surface area contributed by atoms with Gasteiger partial charge in [0.15, 0.2) is 6.10 Å². The van der Waals surface area contributed by atoms with Crippen LogP contribution >= 0.6 is 0 Å². The fraction of sp³-hybridized carbons (Fsp3) is 0.524. The lowest BCUT2D eigenvalue weighted by molar-refractivity contribution is -0.151. The molecule has 7 nitrogen and oxygen atoms in total. The van der Waals surface area contributed by atoms with Crippen LogP contribution in [0.3, 0.4) is 0 Å². The van der Waals surface area contributed by atoms with Gasteiger partial charge in [0.25, 0.3) is 5.91 Å². The Bertz CT molecular complexity index is 863. The van der Waals surface area contributed by atoms with E-state index in [1.54, 1.807) is 30.9 Å². The number of aryl methyl sites for hydroxylation is 1. The normalized spacial score (nSPS) is 20.8. The Balaban J connectivity index is 1.73. The predicted octanol–water partition coefficient (Wildman–Crippen LogP) is 3.32. The lowest BCUT2D eigenvalue weighted by atomic mass is 10.1. The molecule has 1 amide bonds. The third-order valence-corrected chi connectivity index (χ3v) is 4.77. The molecule has 1 aliphatic rings. The number of rotatable bonds is 5. The first-order valence-electron chi connectivity index (χ1n) is 9.61. The lowest BCUT2D eigenvalue weighted by Gasteiger charge is -2.36. The van der Waals surface area contributed by atoms with E-state index in [4.69, 9.17) is 18.6 Å². The maximum atomic E-state index is 12.7. The quantitative estimate of drug-likeness (QED) is 0.730. The van der Waals surface area contributed by atoms with Gasteiger partial charge in [0.05, 0.1) is 18.8 Å². The molecule has 0 bridgehead atoms. The van der Waals surface area contributed by atoms with Crippen molar-refractivity contribution in [1.82, 2.24) is 4.90 Å². The summed E-state index contributed by atoms with van der Waals surface area (Å²) in [5.74, 6) is -0.0745. The Hall–Kier alpha value is -2.54. The third-order valence-electron chi connectivity index (χ3n) is 4.77. The summed E-state index contributed by atoms with van der Waals surface area (Å²) in [6.07, 6.45) is -1.00. The van der Waals surface area contributed by atoms with E-state index < -0.39 is 12.1 Å². The molecule has 1 aromatic heterocycles. The van der Waals surface area contributed by atoms with Crippen LogP contribution in [0, 0.1) is 6.92 Å². The molecule has 1 saturated heterocycles. The van der Waals surface area contributed by atoms with Crippen LogP contribution in [0.5, 0.6) is 5.75 Å². The largest absolute Gasteiger partial charge is 0.494 e. The van der Waals surface area contributed by atoms with Crippen molar-refractivity contribution >= 4 is 22.8 Å². The molecule has 2 aromatic rings. The average Bonchev–Trinajstić information content (AvgIpc) is 2.97. The molecule has 0 N–H and O–H groups in total. The second-order valence-corrected chi connectivity index (χ2v) is 7.20. The molecule has 28 heavy (non-hydrogen) atoms. The first-order valence-corrected chi connectivity index (χ1v) is 9.61. The van der Waals surface area contributed by atoms with Crippen molar-refractivity contribution in [2.45, 2.75) is 52.9 Å². The summed E-state index contributed by atoms with van der Waals surface area (Å²) in [5.41, 5.74) is 1.23. The number of furan rings is 1. The second kappa shape index (κ2) is 8.22. The Morgan fingerprint density at radius 3 is 2.57 bits per heavy atom. The van der Waals surface area contributed by atoms with E-state index in [9.17, 15) is 9.59 Å². The van der Waals surface area contributed by atoms with E-state index in [0.717, 1.165) is 5.39 Å². The summed E-state index contributed by atoms with van der Waals surface area (Å²) < 4.78 is 22.2. The Morgan fingerprint density at radius 2 is 1.93 bits per heavy atom. The summed E-state index contributed by atoms with van der Waals surface area (Å²) in [6, 6.07) is 5.38. The molecule has 0 aliphatic carbocycles. The minimum Gasteiger partial charge on any atom is -0.494 e. The van der Waals surface area contributed by atoms with Crippen LogP contribution in [-0.4, -0.2) is 54.8 Å². The molecule has 0 spiro atoms. The standard InChI is InChI=1S/C21H27NO6/c1-6-25-16-7-8-18-17(9-16)14(4)19(28-18)21(24)27-15(5)20(23)22-10-12(2)26-13(3)11-22/h7-9,12-13,15H,6,10-11H2,1-5H3/t12-,13-,15-/m1/s1. The van der Waals surface area contributed by atoms with Gasteiger partial charge in [-0.1, -0.05) is 0 Å². The molecule has 0 unspecified atom stereocenters. The zero-order valence-corrected chi connectivity index (χ0v) is 17.0. The van der Waals surface area contributed by atoms with Crippen molar-refractivity contribution in [3.63, 3.8) is 0 Å². The molecule has 2 heterocycles. The number of hydrogen-bond donors (Lipinski definition) is 0. The maximum Gasteiger partial charge on any atom is 0.375 e. The number of hydrogen-bond acceptors (Lipinski definition) is 6. The van der Waals surface area contributed by atoms with Crippen LogP contribution in [0.25, 0.3) is 11.0 Å². The molecule has 1 aliphatic heterocycles. The van der Waals surface area contributed by atoms with Gasteiger partial charge in [0, 0.05) is 24.0 Å². The van der Waals surface area contributed by atoms with Crippen LogP contribution < -0.4 is 4.74 Å². The van der Waals surface area contributed by atoms with Crippen molar-refractivity contribution < 1.29 is 28.2 Å². The number of benzene rings is 1. The van der Waals surface area contributed by atoms with Crippen LogP contribution in [0.2, 0.25) is 0 Å². The van der Waals surface area contributed by atoms with Gasteiger partial charge in [-0.3, -0.25) is 4.79 Å². The highest BCUT2D eigenvalue weighted by Crippen LogP contribution is 2.29. The zero-order chi connectivity index (χ0) is 20.4. The number of morpholine rings is 1. The molecule has 1 aromatic carbocycles. The number of amides is 1. The number of ether oxygens (including phenoxy) is 3.